The van der Waals surface area contributed by atoms with Crippen molar-refractivity contribution in [3.8, 4) is 12.0 Å². The number of ether oxygens (including phenoxy) is 2. The third-order valence-electron chi connectivity index (χ3n) is 1.49. The average molecular weight is 408 g/mol. The van der Waals surface area contributed by atoms with Crippen LogP contribution < -0.4 is 9.47 Å². The van der Waals surface area contributed by atoms with Crippen LogP contribution in [0.4, 0.5) is 0 Å². The van der Waals surface area contributed by atoms with Crippen LogP contribution in [-0.2, 0) is 0 Å². The van der Waals surface area contributed by atoms with E-state index >= 15 is 0 Å². The molecule has 0 aliphatic rings. The van der Waals surface area contributed by atoms with E-state index in [0.29, 0.717) is 0 Å². The maximum Gasteiger partial charge on any atom is 0.323 e. The number of aromatic nitrogens is 6. The van der Waals surface area contributed by atoms with Crippen molar-refractivity contribution in [1.82, 2.24) is 29.9 Å². The number of aliphatic hydroxyl groups excluding tert-OH is 1. The minimum absolute atomic E-state index is 0. The largest absolute Gasteiger partial charge is 0.467 e. The Morgan fingerprint density at radius 2 is 0.870 bits per heavy atom. The Hall–Kier alpha value is -1.26. The van der Waals surface area contributed by atoms with E-state index in [1.807, 2.05) is 0 Å². The summed E-state index contributed by atoms with van der Waals surface area (Å²) in [7, 11) is 3.87. The van der Waals surface area contributed by atoms with Gasteiger partial charge in [-0.2, -0.15) is 24.9 Å². The summed E-state index contributed by atoms with van der Waals surface area (Å²) in [5.74, 6) is 0. The fourth-order valence-electron chi connectivity index (χ4n) is 0.801. The van der Waals surface area contributed by atoms with Crippen LogP contribution in [0.3, 0.4) is 0 Å². The summed E-state index contributed by atoms with van der Waals surface area (Å²) in [5.41, 5.74) is 0. The first-order valence-corrected chi connectivity index (χ1v) is 6.62. The number of nitrogens with zero attached hydrogens (tertiary/aromatic N) is 6. The molecular weight excluding hydrogens is 394 g/mol. The molecule has 2 aromatic heterocycles. The fraction of sp³-hybridized carbons (Fsp3) is 0.400. The molecule has 0 amide bonds. The second-order valence-corrected chi connectivity index (χ2v) is 4.07. The van der Waals surface area contributed by atoms with E-state index in [4.69, 9.17) is 61.0 Å². The fourth-order valence-corrected chi connectivity index (χ4v) is 1.56. The van der Waals surface area contributed by atoms with Crippen molar-refractivity contribution >= 4 is 46.4 Å². The molecule has 0 bridgehead atoms. The molecule has 0 spiro atoms. The van der Waals surface area contributed by atoms with E-state index < -0.39 is 0 Å². The van der Waals surface area contributed by atoms with Crippen LogP contribution >= 0.6 is 46.4 Å². The first kappa shape index (κ1) is 24.0. The van der Waals surface area contributed by atoms with Crippen LogP contribution in [-0.4, -0.2) is 56.3 Å². The van der Waals surface area contributed by atoms with Gasteiger partial charge in [-0.25, -0.2) is 0 Å². The van der Waals surface area contributed by atoms with Crippen LogP contribution in [0.5, 0.6) is 12.0 Å². The quantitative estimate of drug-likeness (QED) is 0.801. The highest BCUT2D eigenvalue weighted by Crippen LogP contribution is 2.11. The topological polar surface area (TPSA) is 116 Å². The SMILES string of the molecule is C.CO.COc1nc(Cl)nc(OC)n1.Clc1nc(Cl)nc(Cl)n1. The number of halogens is 4. The van der Waals surface area contributed by atoms with E-state index in [1.165, 1.54) is 14.2 Å². The smallest absolute Gasteiger partial charge is 0.323 e. The van der Waals surface area contributed by atoms with Gasteiger partial charge in [0.15, 0.2) is 0 Å². The predicted molar refractivity (Wildman–Crippen MR) is 87.7 cm³/mol. The maximum absolute atomic E-state index is 7.00. The zero-order chi connectivity index (χ0) is 17.1. The van der Waals surface area contributed by atoms with Gasteiger partial charge in [-0.05, 0) is 46.4 Å². The van der Waals surface area contributed by atoms with E-state index in [9.17, 15) is 0 Å². The molecule has 9 nitrogen and oxygen atoms in total. The number of hydrogen-bond donors (Lipinski definition) is 1. The molecule has 0 saturated heterocycles. The molecule has 13 heteroatoms. The van der Waals surface area contributed by atoms with Crippen LogP contribution in [0, 0.1) is 0 Å². The molecule has 23 heavy (non-hydrogen) atoms. The highest BCUT2D eigenvalue weighted by atomic mass is 35.5. The predicted octanol–water partition coefficient (Wildman–Crippen LogP) is 2.62. The lowest BCUT2D eigenvalue weighted by atomic mass is 11.0. The normalized spacial score (nSPS) is 8.52. The van der Waals surface area contributed by atoms with Crippen molar-refractivity contribution < 1.29 is 14.6 Å². The minimum Gasteiger partial charge on any atom is -0.467 e. The highest BCUT2D eigenvalue weighted by molar-refractivity contribution is 6.33. The van der Waals surface area contributed by atoms with Crippen LogP contribution in [0.25, 0.3) is 0 Å². The van der Waals surface area contributed by atoms with Crippen molar-refractivity contribution in [2.75, 3.05) is 21.3 Å². The molecule has 2 rings (SSSR count). The van der Waals surface area contributed by atoms with Gasteiger partial charge >= 0.3 is 12.0 Å². The maximum atomic E-state index is 7.00. The summed E-state index contributed by atoms with van der Waals surface area (Å²) >= 11 is 21.4. The van der Waals surface area contributed by atoms with Gasteiger partial charge in [0, 0.05) is 7.11 Å². The molecule has 130 valence electrons. The summed E-state index contributed by atoms with van der Waals surface area (Å²) < 4.78 is 9.42. The molecule has 1 N–H and O–H groups in total. The van der Waals surface area contributed by atoms with E-state index in [0.717, 1.165) is 7.11 Å². The number of rotatable bonds is 2. The van der Waals surface area contributed by atoms with Crippen molar-refractivity contribution in [2.24, 2.45) is 0 Å². The van der Waals surface area contributed by atoms with Gasteiger partial charge in [-0.15, -0.1) is 4.98 Å². The highest BCUT2D eigenvalue weighted by Gasteiger charge is 2.03. The summed E-state index contributed by atoms with van der Waals surface area (Å²) in [6, 6.07) is 0.281. The van der Waals surface area contributed by atoms with Gasteiger partial charge in [-0.3, -0.25) is 0 Å². The van der Waals surface area contributed by atoms with Crippen molar-refractivity contribution in [1.29, 1.82) is 0 Å². The molecule has 0 atom stereocenters. The average Bonchev–Trinajstić information content (AvgIpc) is 2.47. The summed E-state index contributed by atoms with van der Waals surface area (Å²) in [6.45, 7) is 0. The standard InChI is InChI=1S/C5H6ClN3O2.C3Cl3N3.CH4O.CH4/c1-10-4-7-3(6)8-5(9-4)11-2;4-1-7-2(5)9-3(6)8-1;1-2;/h1-2H3;;2H,1H3;1H4. The van der Waals surface area contributed by atoms with Gasteiger partial charge in [0.05, 0.1) is 14.2 Å². The molecule has 2 aromatic rings. The van der Waals surface area contributed by atoms with E-state index in [1.54, 1.807) is 0 Å². The number of methoxy groups -OCH3 is 2. The Kier molecular flexibility index (Phi) is 13.8. The molecular formula is C10H14Cl4N6O3. The number of aliphatic hydroxyl groups is 1. The molecule has 0 aromatic carbocycles. The molecule has 0 fully saturated rings. The van der Waals surface area contributed by atoms with Gasteiger partial charge in [0.2, 0.25) is 21.1 Å². The lowest BCUT2D eigenvalue weighted by Crippen LogP contribution is -1.98. The Labute approximate surface area is 153 Å². The van der Waals surface area contributed by atoms with Gasteiger partial charge < -0.3 is 14.6 Å². The van der Waals surface area contributed by atoms with Crippen LogP contribution in [0.1, 0.15) is 7.43 Å². The molecule has 0 radical (unpaired) electrons. The third-order valence-corrected chi connectivity index (χ3v) is 2.16. The second-order valence-electron chi connectivity index (χ2n) is 2.72. The minimum atomic E-state index is 0. The monoisotopic (exact) mass is 406 g/mol. The van der Waals surface area contributed by atoms with Gasteiger partial charge in [0.1, 0.15) is 0 Å². The Morgan fingerprint density at radius 1 is 0.609 bits per heavy atom. The Balaban J connectivity index is 0. The van der Waals surface area contributed by atoms with Crippen molar-refractivity contribution in [3.05, 3.63) is 21.1 Å². The van der Waals surface area contributed by atoms with Crippen molar-refractivity contribution in [3.63, 3.8) is 0 Å². The van der Waals surface area contributed by atoms with Crippen LogP contribution in [0.15, 0.2) is 0 Å². The molecule has 0 aliphatic heterocycles. The lowest BCUT2D eigenvalue weighted by Gasteiger charge is -1.99. The lowest BCUT2D eigenvalue weighted by molar-refractivity contribution is 0.340. The van der Waals surface area contributed by atoms with Gasteiger partial charge in [0.25, 0.3) is 0 Å². The Bertz CT molecular complexity index is 520. The van der Waals surface area contributed by atoms with Crippen LogP contribution in [0.2, 0.25) is 21.1 Å². The second kappa shape index (κ2) is 13.2. The molecule has 0 unspecified atom stereocenters. The summed E-state index contributed by atoms with van der Waals surface area (Å²) in [6.07, 6.45) is 0. The molecule has 0 saturated carbocycles. The van der Waals surface area contributed by atoms with E-state index in [2.05, 4.69) is 29.9 Å². The summed E-state index contributed by atoms with van der Waals surface area (Å²) in [4.78, 5) is 21.4. The molecule has 2 heterocycles. The first-order chi connectivity index (χ1) is 10.4. The molecule has 0 aliphatic carbocycles. The van der Waals surface area contributed by atoms with Crippen molar-refractivity contribution in [2.45, 2.75) is 7.43 Å². The zero-order valence-corrected chi connectivity index (χ0v) is 14.5. The van der Waals surface area contributed by atoms with E-state index in [-0.39, 0.29) is 40.6 Å². The third kappa shape index (κ3) is 10.2. The number of hydrogen-bond acceptors (Lipinski definition) is 9. The zero-order valence-electron chi connectivity index (χ0n) is 11.5. The summed E-state index contributed by atoms with van der Waals surface area (Å²) in [5, 5.41) is 7.05. The Morgan fingerprint density at radius 3 is 1.13 bits per heavy atom. The van der Waals surface area contributed by atoms with Gasteiger partial charge in [-0.1, -0.05) is 7.43 Å². The first-order valence-electron chi connectivity index (χ1n) is 5.11.